The van der Waals surface area contributed by atoms with Gasteiger partial charge in [-0.1, -0.05) is 43.3 Å². The lowest BCUT2D eigenvalue weighted by Gasteiger charge is -2.33. The Morgan fingerprint density at radius 2 is 1.68 bits per heavy atom. The summed E-state index contributed by atoms with van der Waals surface area (Å²) in [5.74, 6) is 1.38. The van der Waals surface area contributed by atoms with Crippen LogP contribution in [0.15, 0.2) is 48.5 Å². The normalized spacial score (nSPS) is 16.4. The molecule has 0 amide bonds. The SMILES string of the molecule is CCN(Cc1ccccc1)Cc1ccc(OC)c(OCC(O)CN2CCN(C)CC2)c1. The molecule has 1 atom stereocenters. The van der Waals surface area contributed by atoms with Crippen LogP contribution in [0.3, 0.4) is 0 Å². The molecule has 1 aliphatic rings. The standard InChI is InChI=1S/C25H37N3O3/c1-4-27(17-21-8-6-5-7-9-21)18-22-10-11-24(30-3)25(16-22)31-20-23(29)19-28-14-12-26(2)13-15-28/h5-11,16,23,29H,4,12-15,17-20H2,1-3H3. The minimum atomic E-state index is -0.526. The Morgan fingerprint density at radius 3 is 2.35 bits per heavy atom. The van der Waals surface area contributed by atoms with Gasteiger partial charge in [-0.15, -0.1) is 0 Å². The van der Waals surface area contributed by atoms with Crippen molar-refractivity contribution < 1.29 is 14.6 Å². The van der Waals surface area contributed by atoms with E-state index in [1.54, 1.807) is 7.11 Å². The quantitative estimate of drug-likeness (QED) is 0.595. The second-order valence-corrected chi connectivity index (χ2v) is 8.34. The summed E-state index contributed by atoms with van der Waals surface area (Å²) in [5, 5.41) is 10.5. The average Bonchev–Trinajstić information content (AvgIpc) is 2.79. The predicted molar refractivity (Wildman–Crippen MR) is 125 cm³/mol. The zero-order chi connectivity index (χ0) is 22.1. The van der Waals surface area contributed by atoms with Gasteiger partial charge < -0.3 is 19.5 Å². The zero-order valence-corrected chi connectivity index (χ0v) is 19.2. The van der Waals surface area contributed by atoms with E-state index in [0.717, 1.165) is 45.8 Å². The third-order valence-corrected chi connectivity index (χ3v) is 5.83. The number of piperazine rings is 1. The Morgan fingerprint density at radius 1 is 0.968 bits per heavy atom. The van der Waals surface area contributed by atoms with Crippen molar-refractivity contribution in [2.75, 3.05) is 60.0 Å². The highest BCUT2D eigenvalue weighted by Gasteiger charge is 2.18. The molecule has 3 rings (SSSR count). The summed E-state index contributed by atoms with van der Waals surface area (Å²) >= 11 is 0. The predicted octanol–water partition coefficient (Wildman–Crippen LogP) is 2.70. The molecule has 0 radical (unpaired) electrons. The number of methoxy groups -OCH3 is 1. The lowest BCUT2D eigenvalue weighted by molar-refractivity contribution is 0.0497. The van der Waals surface area contributed by atoms with Gasteiger partial charge in [-0.05, 0) is 36.9 Å². The highest BCUT2D eigenvalue weighted by molar-refractivity contribution is 5.43. The first-order valence-corrected chi connectivity index (χ1v) is 11.2. The Balaban J connectivity index is 1.56. The maximum absolute atomic E-state index is 10.5. The molecule has 1 saturated heterocycles. The van der Waals surface area contributed by atoms with Crippen LogP contribution in [0, 0.1) is 0 Å². The monoisotopic (exact) mass is 427 g/mol. The Hall–Kier alpha value is -2.12. The van der Waals surface area contributed by atoms with E-state index in [4.69, 9.17) is 9.47 Å². The molecule has 6 heteroatoms. The second-order valence-electron chi connectivity index (χ2n) is 8.34. The van der Waals surface area contributed by atoms with Gasteiger partial charge in [-0.2, -0.15) is 0 Å². The molecular weight excluding hydrogens is 390 g/mol. The Kier molecular flexibility index (Phi) is 9.15. The van der Waals surface area contributed by atoms with Crippen LogP contribution < -0.4 is 9.47 Å². The van der Waals surface area contributed by atoms with E-state index in [1.165, 1.54) is 11.1 Å². The van der Waals surface area contributed by atoms with Crippen molar-refractivity contribution >= 4 is 0 Å². The molecule has 1 N–H and O–H groups in total. The van der Waals surface area contributed by atoms with Gasteiger partial charge in [0.05, 0.1) is 7.11 Å². The molecule has 1 heterocycles. The molecule has 6 nitrogen and oxygen atoms in total. The summed E-state index contributed by atoms with van der Waals surface area (Å²) in [6.07, 6.45) is -0.526. The van der Waals surface area contributed by atoms with Gasteiger partial charge in [0, 0.05) is 45.8 Å². The van der Waals surface area contributed by atoms with Crippen molar-refractivity contribution in [1.82, 2.24) is 14.7 Å². The fourth-order valence-electron chi connectivity index (χ4n) is 3.88. The summed E-state index contributed by atoms with van der Waals surface area (Å²) in [4.78, 5) is 7.00. The van der Waals surface area contributed by atoms with E-state index in [0.29, 0.717) is 18.0 Å². The topological polar surface area (TPSA) is 48.4 Å². The fraction of sp³-hybridized carbons (Fsp3) is 0.520. The van der Waals surface area contributed by atoms with Gasteiger partial charge in [0.15, 0.2) is 11.5 Å². The zero-order valence-electron chi connectivity index (χ0n) is 19.2. The van der Waals surface area contributed by atoms with Crippen LogP contribution in [0.4, 0.5) is 0 Å². The number of aliphatic hydroxyl groups excluding tert-OH is 1. The van der Waals surface area contributed by atoms with Crippen molar-refractivity contribution in [2.24, 2.45) is 0 Å². The van der Waals surface area contributed by atoms with Gasteiger partial charge in [-0.3, -0.25) is 9.80 Å². The molecule has 1 unspecified atom stereocenters. The maximum Gasteiger partial charge on any atom is 0.161 e. The van der Waals surface area contributed by atoms with Crippen molar-refractivity contribution in [3.8, 4) is 11.5 Å². The van der Waals surface area contributed by atoms with Crippen LogP contribution in [0.25, 0.3) is 0 Å². The summed E-state index contributed by atoms with van der Waals surface area (Å²) in [6, 6.07) is 16.6. The van der Waals surface area contributed by atoms with Gasteiger partial charge in [-0.25, -0.2) is 0 Å². The number of benzene rings is 2. The summed E-state index contributed by atoms with van der Waals surface area (Å²) in [7, 11) is 3.78. The van der Waals surface area contributed by atoms with E-state index in [2.05, 4.69) is 59.0 Å². The summed E-state index contributed by atoms with van der Waals surface area (Å²) in [5.41, 5.74) is 2.48. The molecule has 0 bridgehead atoms. The molecule has 0 spiro atoms. The molecule has 0 aliphatic carbocycles. The molecular formula is C25H37N3O3. The molecule has 1 aliphatic heterocycles. The number of hydrogen-bond acceptors (Lipinski definition) is 6. The fourth-order valence-corrected chi connectivity index (χ4v) is 3.88. The number of rotatable bonds is 11. The molecule has 2 aromatic rings. The lowest BCUT2D eigenvalue weighted by Crippen LogP contribution is -2.47. The van der Waals surface area contributed by atoms with Crippen LogP contribution in [-0.4, -0.2) is 85.9 Å². The molecule has 0 aromatic heterocycles. The smallest absolute Gasteiger partial charge is 0.161 e. The van der Waals surface area contributed by atoms with Crippen molar-refractivity contribution in [3.05, 3.63) is 59.7 Å². The van der Waals surface area contributed by atoms with Crippen LogP contribution in [0.2, 0.25) is 0 Å². The number of ether oxygens (including phenoxy) is 2. The van der Waals surface area contributed by atoms with Gasteiger partial charge in [0.2, 0.25) is 0 Å². The largest absolute Gasteiger partial charge is 0.493 e. The minimum absolute atomic E-state index is 0.258. The average molecular weight is 428 g/mol. The molecule has 31 heavy (non-hydrogen) atoms. The molecule has 1 fully saturated rings. The lowest BCUT2D eigenvalue weighted by atomic mass is 10.1. The first kappa shape index (κ1) is 23.5. The number of aliphatic hydroxyl groups is 1. The van der Waals surface area contributed by atoms with E-state index in [1.807, 2.05) is 18.2 Å². The summed E-state index contributed by atoms with van der Waals surface area (Å²) in [6.45, 7) is 9.82. The molecule has 170 valence electrons. The molecule has 0 saturated carbocycles. The van der Waals surface area contributed by atoms with E-state index in [-0.39, 0.29) is 6.61 Å². The maximum atomic E-state index is 10.5. The van der Waals surface area contributed by atoms with Crippen molar-refractivity contribution in [3.63, 3.8) is 0 Å². The number of nitrogens with zero attached hydrogens (tertiary/aromatic N) is 3. The Bertz CT molecular complexity index is 779. The number of hydrogen-bond donors (Lipinski definition) is 1. The van der Waals surface area contributed by atoms with Gasteiger partial charge in [0.1, 0.15) is 12.7 Å². The van der Waals surface area contributed by atoms with Crippen molar-refractivity contribution in [2.45, 2.75) is 26.1 Å². The van der Waals surface area contributed by atoms with Crippen LogP contribution in [0.1, 0.15) is 18.1 Å². The minimum Gasteiger partial charge on any atom is -0.493 e. The number of β-amino-alcohol motifs (C(OH)–C–C–N with tert-alkyl or cyclic N) is 1. The van der Waals surface area contributed by atoms with Gasteiger partial charge in [0.25, 0.3) is 0 Å². The highest BCUT2D eigenvalue weighted by atomic mass is 16.5. The van der Waals surface area contributed by atoms with Gasteiger partial charge >= 0.3 is 0 Å². The van der Waals surface area contributed by atoms with E-state index in [9.17, 15) is 5.11 Å². The highest BCUT2D eigenvalue weighted by Crippen LogP contribution is 2.29. The van der Waals surface area contributed by atoms with Crippen LogP contribution in [0.5, 0.6) is 11.5 Å². The third kappa shape index (κ3) is 7.51. The van der Waals surface area contributed by atoms with E-state index < -0.39 is 6.10 Å². The van der Waals surface area contributed by atoms with Crippen LogP contribution >= 0.6 is 0 Å². The second kappa shape index (κ2) is 12.1. The molecule has 2 aromatic carbocycles. The van der Waals surface area contributed by atoms with Crippen molar-refractivity contribution in [1.29, 1.82) is 0 Å². The first-order valence-electron chi connectivity index (χ1n) is 11.2. The number of likely N-dealkylation sites (N-methyl/N-ethyl adjacent to an activating group) is 1. The van der Waals surface area contributed by atoms with E-state index >= 15 is 0 Å². The van der Waals surface area contributed by atoms with Crippen LogP contribution in [-0.2, 0) is 13.1 Å². The Labute approximate surface area is 187 Å². The first-order chi connectivity index (χ1) is 15.1. The third-order valence-electron chi connectivity index (χ3n) is 5.83. The summed E-state index contributed by atoms with van der Waals surface area (Å²) < 4.78 is 11.5.